The average Bonchev–Trinajstić information content (AvgIpc) is 2.72. The summed E-state index contributed by atoms with van der Waals surface area (Å²) in [5, 5.41) is 18.0. The number of carbonyl (C=O) groups is 1. The van der Waals surface area contributed by atoms with Gasteiger partial charge >= 0.3 is 0 Å². The molecule has 1 unspecified atom stereocenters. The molecule has 2 N–H and O–H groups in total. The van der Waals surface area contributed by atoms with E-state index in [1.165, 1.54) is 6.07 Å². The van der Waals surface area contributed by atoms with Crippen molar-refractivity contribution in [3.63, 3.8) is 0 Å². The van der Waals surface area contributed by atoms with Crippen molar-refractivity contribution in [3.05, 3.63) is 80.6 Å². The quantitative estimate of drug-likeness (QED) is 0.601. The molecule has 6 nitrogen and oxygen atoms in total. The second-order valence-electron chi connectivity index (χ2n) is 7.17. The van der Waals surface area contributed by atoms with Crippen LogP contribution in [0.15, 0.2) is 59.4 Å². The lowest BCUT2D eigenvalue weighted by Gasteiger charge is -2.16. The summed E-state index contributed by atoms with van der Waals surface area (Å²) < 4.78 is 1.14. The minimum Gasteiger partial charge on any atom is -0.391 e. The second-order valence-corrected chi connectivity index (χ2v) is 8.04. The number of halogens is 2. The molecule has 0 fully saturated rings. The van der Waals surface area contributed by atoms with Gasteiger partial charge in [0, 0.05) is 22.2 Å². The maximum atomic E-state index is 13.1. The normalized spacial score (nSPS) is 12.1. The molecule has 156 valence electrons. The maximum absolute atomic E-state index is 13.1. The van der Waals surface area contributed by atoms with Gasteiger partial charge in [0.2, 0.25) is 0 Å². The zero-order valence-corrected chi connectivity index (χ0v) is 18.0. The van der Waals surface area contributed by atoms with Gasteiger partial charge in [0.1, 0.15) is 5.56 Å². The lowest BCUT2D eigenvalue weighted by Crippen LogP contribution is -2.38. The fraction of sp³-hybridized carbons (Fsp3) is 0.227. The predicted molar refractivity (Wildman–Crippen MR) is 118 cm³/mol. The SMILES string of the molecule is CC(C)C(O)CNC(=O)c1cc(-c2ccc(Cl)cc2)nn(-c2cccc(Cl)c2)c1=O. The molecule has 0 spiro atoms. The van der Waals surface area contributed by atoms with E-state index in [1.54, 1.807) is 48.5 Å². The van der Waals surface area contributed by atoms with Crippen molar-refractivity contribution in [2.24, 2.45) is 5.92 Å². The number of nitrogens with zero attached hydrogens (tertiary/aromatic N) is 2. The summed E-state index contributed by atoms with van der Waals surface area (Å²) in [4.78, 5) is 25.8. The van der Waals surface area contributed by atoms with Crippen molar-refractivity contribution in [2.75, 3.05) is 6.54 Å². The van der Waals surface area contributed by atoms with Crippen LogP contribution in [0.2, 0.25) is 10.0 Å². The van der Waals surface area contributed by atoms with Gasteiger partial charge in [-0.15, -0.1) is 0 Å². The van der Waals surface area contributed by atoms with Crippen molar-refractivity contribution >= 4 is 29.1 Å². The highest BCUT2D eigenvalue weighted by Crippen LogP contribution is 2.21. The minimum absolute atomic E-state index is 0.0320. The monoisotopic (exact) mass is 445 g/mol. The molecule has 0 bridgehead atoms. The minimum atomic E-state index is -0.721. The smallest absolute Gasteiger partial charge is 0.284 e. The Morgan fingerprint density at radius 3 is 2.43 bits per heavy atom. The van der Waals surface area contributed by atoms with E-state index >= 15 is 0 Å². The molecule has 1 heterocycles. The van der Waals surface area contributed by atoms with E-state index < -0.39 is 17.6 Å². The molecule has 0 aliphatic rings. The van der Waals surface area contributed by atoms with Gasteiger partial charge in [0.05, 0.1) is 17.5 Å². The summed E-state index contributed by atoms with van der Waals surface area (Å²) in [7, 11) is 0. The highest BCUT2D eigenvalue weighted by Gasteiger charge is 2.19. The number of carbonyl (C=O) groups excluding carboxylic acids is 1. The molecular formula is C22H21Cl2N3O3. The summed E-state index contributed by atoms with van der Waals surface area (Å²) in [5.74, 6) is -0.622. The highest BCUT2D eigenvalue weighted by molar-refractivity contribution is 6.31. The third-order valence-corrected chi connectivity index (χ3v) is 5.08. The molecule has 3 aromatic rings. The van der Waals surface area contributed by atoms with Crippen LogP contribution in [0.5, 0.6) is 0 Å². The Bertz CT molecular complexity index is 1110. The average molecular weight is 446 g/mol. The Kier molecular flexibility index (Phi) is 6.92. The van der Waals surface area contributed by atoms with Gasteiger partial charge in [-0.25, -0.2) is 0 Å². The number of hydrogen-bond acceptors (Lipinski definition) is 4. The van der Waals surface area contributed by atoms with Crippen LogP contribution in [0.4, 0.5) is 0 Å². The first-order valence-electron chi connectivity index (χ1n) is 9.39. The van der Waals surface area contributed by atoms with Crippen LogP contribution in [0, 0.1) is 5.92 Å². The molecule has 1 aromatic heterocycles. The third-order valence-electron chi connectivity index (χ3n) is 4.59. The van der Waals surface area contributed by atoms with Gasteiger partial charge in [-0.3, -0.25) is 9.59 Å². The van der Waals surface area contributed by atoms with Crippen LogP contribution < -0.4 is 10.9 Å². The molecule has 0 radical (unpaired) electrons. The van der Waals surface area contributed by atoms with Gasteiger partial charge < -0.3 is 10.4 Å². The second kappa shape index (κ2) is 9.43. The molecule has 0 aliphatic heterocycles. The number of benzene rings is 2. The molecule has 1 atom stereocenters. The topological polar surface area (TPSA) is 84.2 Å². The molecule has 8 heteroatoms. The van der Waals surface area contributed by atoms with Crippen LogP contribution in [-0.2, 0) is 0 Å². The number of rotatable bonds is 6. The van der Waals surface area contributed by atoms with E-state index in [2.05, 4.69) is 10.4 Å². The van der Waals surface area contributed by atoms with E-state index in [1.807, 2.05) is 13.8 Å². The lowest BCUT2D eigenvalue weighted by atomic mass is 10.1. The van der Waals surface area contributed by atoms with E-state index in [9.17, 15) is 14.7 Å². The summed E-state index contributed by atoms with van der Waals surface area (Å²) in [6.45, 7) is 3.72. The molecule has 1 amide bonds. The van der Waals surface area contributed by atoms with Crippen LogP contribution >= 0.6 is 23.2 Å². The fourth-order valence-corrected chi connectivity index (χ4v) is 3.04. The Morgan fingerprint density at radius 2 is 1.80 bits per heavy atom. The Hall–Kier alpha value is -2.67. The number of aliphatic hydroxyl groups is 1. The molecule has 0 saturated carbocycles. The number of aliphatic hydroxyl groups excluding tert-OH is 1. The standard InChI is InChI=1S/C22H21Cl2N3O3/c1-13(2)20(28)12-25-21(29)18-11-19(14-6-8-15(23)9-7-14)26-27(22(18)30)17-5-3-4-16(24)10-17/h3-11,13,20,28H,12H2,1-2H3,(H,25,29). The first-order chi connectivity index (χ1) is 14.3. The number of aromatic nitrogens is 2. The van der Waals surface area contributed by atoms with Gasteiger partial charge in [-0.05, 0) is 42.3 Å². The van der Waals surface area contributed by atoms with Crippen molar-refractivity contribution in [1.82, 2.24) is 15.1 Å². The molecule has 2 aromatic carbocycles. The zero-order chi connectivity index (χ0) is 21.8. The molecule has 0 aliphatic carbocycles. The largest absolute Gasteiger partial charge is 0.391 e. The number of nitrogens with one attached hydrogen (secondary N) is 1. The number of amides is 1. The van der Waals surface area contributed by atoms with Gasteiger partial charge in [0.15, 0.2) is 0 Å². The summed E-state index contributed by atoms with van der Waals surface area (Å²) in [5.41, 5.74) is 0.851. The third kappa shape index (κ3) is 5.08. The van der Waals surface area contributed by atoms with E-state index in [-0.39, 0.29) is 18.0 Å². The van der Waals surface area contributed by atoms with Crippen LogP contribution in [0.3, 0.4) is 0 Å². The van der Waals surface area contributed by atoms with E-state index in [4.69, 9.17) is 23.2 Å². The van der Waals surface area contributed by atoms with Gasteiger partial charge in [0.25, 0.3) is 11.5 Å². The molecule has 0 saturated heterocycles. The molecule has 30 heavy (non-hydrogen) atoms. The van der Waals surface area contributed by atoms with Crippen LogP contribution in [-0.4, -0.2) is 33.4 Å². The van der Waals surface area contributed by atoms with Crippen molar-refractivity contribution in [1.29, 1.82) is 0 Å². The van der Waals surface area contributed by atoms with Crippen LogP contribution in [0.25, 0.3) is 16.9 Å². The van der Waals surface area contributed by atoms with E-state index in [0.717, 1.165) is 4.68 Å². The van der Waals surface area contributed by atoms with Gasteiger partial charge in [-0.2, -0.15) is 9.78 Å². The van der Waals surface area contributed by atoms with Gasteiger partial charge in [-0.1, -0.05) is 55.2 Å². The Labute approximate surface area is 184 Å². The maximum Gasteiger partial charge on any atom is 0.284 e. The Balaban J connectivity index is 2.10. The summed E-state index contributed by atoms with van der Waals surface area (Å²) >= 11 is 12.0. The summed E-state index contributed by atoms with van der Waals surface area (Å²) in [6.07, 6.45) is -0.721. The zero-order valence-electron chi connectivity index (χ0n) is 16.5. The van der Waals surface area contributed by atoms with Crippen molar-refractivity contribution in [2.45, 2.75) is 20.0 Å². The predicted octanol–water partition coefficient (Wildman–Crippen LogP) is 3.95. The number of hydrogen-bond donors (Lipinski definition) is 2. The van der Waals surface area contributed by atoms with Crippen molar-refractivity contribution in [3.8, 4) is 16.9 Å². The molecule has 3 rings (SSSR count). The summed E-state index contributed by atoms with van der Waals surface area (Å²) in [6, 6.07) is 15.0. The Morgan fingerprint density at radius 1 is 1.10 bits per heavy atom. The fourth-order valence-electron chi connectivity index (χ4n) is 2.73. The first-order valence-corrected chi connectivity index (χ1v) is 10.1. The first kappa shape index (κ1) is 22.0. The van der Waals surface area contributed by atoms with Crippen molar-refractivity contribution < 1.29 is 9.90 Å². The highest BCUT2D eigenvalue weighted by atomic mass is 35.5. The van der Waals surface area contributed by atoms with E-state index in [0.29, 0.717) is 27.0 Å². The lowest BCUT2D eigenvalue weighted by molar-refractivity contribution is 0.0869. The van der Waals surface area contributed by atoms with Crippen LogP contribution in [0.1, 0.15) is 24.2 Å². The molecular weight excluding hydrogens is 425 g/mol.